The first kappa shape index (κ1) is 15.2. The van der Waals surface area contributed by atoms with Crippen molar-refractivity contribution in [2.45, 2.75) is 39.8 Å². The topological polar surface area (TPSA) is 51.0 Å². The molecule has 5 nitrogen and oxygen atoms in total. The maximum atomic E-state index is 12.5. The van der Waals surface area contributed by atoms with Crippen LogP contribution >= 0.6 is 0 Å². The third kappa shape index (κ3) is 4.41. The van der Waals surface area contributed by atoms with E-state index in [1.54, 1.807) is 12.4 Å². The minimum absolute atomic E-state index is 0.119. The Labute approximate surface area is 125 Å². The highest BCUT2D eigenvalue weighted by Crippen LogP contribution is 2.07. The van der Waals surface area contributed by atoms with Crippen molar-refractivity contribution in [2.24, 2.45) is 0 Å². The Morgan fingerprint density at radius 2 is 2.24 bits per heavy atom. The maximum absolute atomic E-state index is 12.5. The normalized spacial score (nSPS) is 10.6. The molecular formula is C16H22N4O. The monoisotopic (exact) mass is 286 g/mol. The number of rotatable bonds is 7. The molecule has 2 aromatic rings. The molecule has 2 heterocycles. The van der Waals surface area contributed by atoms with Gasteiger partial charge in [0.25, 0.3) is 0 Å². The van der Waals surface area contributed by atoms with Crippen LogP contribution in [0.25, 0.3) is 0 Å². The van der Waals surface area contributed by atoms with Gasteiger partial charge in [0.2, 0.25) is 5.91 Å². The Morgan fingerprint density at radius 1 is 1.38 bits per heavy atom. The number of hydrogen-bond donors (Lipinski definition) is 0. The van der Waals surface area contributed by atoms with Crippen molar-refractivity contribution < 1.29 is 4.79 Å². The lowest BCUT2D eigenvalue weighted by molar-refractivity contribution is -0.132. The average molecular weight is 286 g/mol. The number of aromatic nitrogens is 3. The fourth-order valence-corrected chi connectivity index (χ4v) is 2.17. The summed E-state index contributed by atoms with van der Waals surface area (Å²) in [7, 11) is 0. The van der Waals surface area contributed by atoms with E-state index >= 15 is 0 Å². The van der Waals surface area contributed by atoms with E-state index in [-0.39, 0.29) is 5.91 Å². The molecule has 2 aromatic heterocycles. The van der Waals surface area contributed by atoms with Crippen LogP contribution in [0.5, 0.6) is 0 Å². The first-order valence-corrected chi connectivity index (χ1v) is 7.35. The van der Waals surface area contributed by atoms with E-state index in [0.29, 0.717) is 13.1 Å². The molecule has 2 rings (SSSR count). The first-order valence-electron chi connectivity index (χ1n) is 7.35. The SMILES string of the molecule is CCCCN(Cc1cccnc1)C(=O)Cn1ccnc1C. The standard InChI is InChI=1S/C16H22N4O/c1-3-4-9-20(12-15-6-5-7-17-11-15)16(21)13-19-10-8-18-14(19)2/h5-8,10-11H,3-4,9,12-13H2,1-2H3. The number of aryl methyl sites for hydroxylation is 1. The van der Waals surface area contributed by atoms with E-state index in [4.69, 9.17) is 0 Å². The molecule has 0 spiro atoms. The molecule has 0 aromatic carbocycles. The molecule has 0 bridgehead atoms. The molecule has 0 fully saturated rings. The van der Waals surface area contributed by atoms with Crippen LogP contribution in [0.4, 0.5) is 0 Å². The second kappa shape index (κ2) is 7.57. The summed E-state index contributed by atoms with van der Waals surface area (Å²) < 4.78 is 1.88. The molecule has 0 unspecified atom stereocenters. The van der Waals surface area contributed by atoms with Crippen LogP contribution in [0.1, 0.15) is 31.2 Å². The maximum Gasteiger partial charge on any atom is 0.242 e. The average Bonchev–Trinajstić information content (AvgIpc) is 2.89. The summed E-state index contributed by atoms with van der Waals surface area (Å²) in [5.74, 6) is 0.980. The minimum Gasteiger partial charge on any atom is -0.337 e. The summed E-state index contributed by atoms with van der Waals surface area (Å²) >= 11 is 0. The second-order valence-corrected chi connectivity index (χ2v) is 5.13. The number of carbonyl (C=O) groups excluding carboxylic acids is 1. The Balaban J connectivity index is 2.04. The number of amides is 1. The van der Waals surface area contributed by atoms with Gasteiger partial charge in [-0.3, -0.25) is 9.78 Å². The zero-order chi connectivity index (χ0) is 15.1. The number of hydrogen-bond acceptors (Lipinski definition) is 3. The summed E-state index contributed by atoms with van der Waals surface area (Å²) in [5, 5.41) is 0. The van der Waals surface area contributed by atoms with E-state index in [1.165, 1.54) is 0 Å². The Hall–Kier alpha value is -2.17. The first-order chi connectivity index (χ1) is 10.2. The number of imidazole rings is 1. The van der Waals surface area contributed by atoms with Gasteiger partial charge in [-0.2, -0.15) is 0 Å². The molecule has 0 radical (unpaired) electrons. The highest BCUT2D eigenvalue weighted by atomic mass is 16.2. The van der Waals surface area contributed by atoms with E-state index in [0.717, 1.165) is 30.8 Å². The van der Waals surface area contributed by atoms with E-state index in [2.05, 4.69) is 16.9 Å². The molecule has 112 valence electrons. The van der Waals surface area contributed by atoms with Crippen LogP contribution in [-0.4, -0.2) is 31.9 Å². The van der Waals surface area contributed by atoms with Crippen molar-refractivity contribution in [1.29, 1.82) is 0 Å². The quantitative estimate of drug-likeness (QED) is 0.785. The van der Waals surface area contributed by atoms with Crippen LogP contribution in [0.15, 0.2) is 36.9 Å². The van der Waals surface area contributed by atoms with Gasteiger partial charge in [0.05, 0.1) is 0 Å². The zero-order valence-electron chi connectivity index (χ0n) is 12.7. The summed E-state index contributed by atoms with van der Waals surface area (Å²) in [5.41, 5.74) is 1.06. The molecule has 5 heteroatoms. The smallest absolute Gasteiger partial charge is 0.242 e. The zero-order valence-corrected chi connectivity index (χ0v) is 12.7. The Kier molecular flexibility index (Phi) is 5.49. The van der Waals surface area contributed by atoms with Gasteiger partial charge < -0.3 is 9.47 Å². The predicted molar refractivity (Wildman–Crippen MR) is 81.5 cm³/mol. The number of carbonyl (C=O) groups is 1. The van der Waals surface area contributed by atoms with Gasteiger partial charge in [0.15, 0.2) is 0 Å². The van der Waals surface area contributed by atoms with Crippen LogP contribution in [0, 0.1) is 6.92 Å². The molecule has 0 aliphatic rings. The minimum atomic E-state index is 0.119. The Morgan fingerprint density at radius 3 is 2.86 bits per heavy atom. The van der Waals surface area contributed by atoms with Crippen molar-refractivity contribution >= 4 is 5.91 Å². The molecule has 1 amide bonds. The summed E-state index contributed by atoms with van der Waals surface area (Å²) in [4.78, 5) is 22.7. The summed E-state index contributed by atoms with van der Waals surface area (Å²) in [6.45, 7) is 5.77. The van der Waals surface area contributed by atoms with Crippen LogP contribution in [0.2, 0.25) is 0 Å². The molecule has 0 aliphatic heterocycles. The fourth-order valence-electron chi connectivity index (χ4n) is 2.17. The van der Waals surface area contributed by atoms with Gasteiger partial charge in [-0.1, -0.05) is 19.4 Å². The van der Waals surface area contributed by atoms with Gasteiger partial charge in [-0.25, -0.2) is 4.98 Å². The molecule has 0 N–H and O–H groups in total. The fraction of sp³-hybridized carbons (Fsp3) is 0.438. The summed E-state index contributed by atoms with van der Waals surface area (Å²) in [6.07, 6.45) is 9.20. The van der Waals surface area contributed by atoms with Gasteiger partial charge >= 0.3 is 0 Å². The van der Waals surface area contributed by atoms with Gasteiger partial charge in [0.1, 0.15) is 12.4 Å². The number of pyridine rings is 1. The van der Waals surface area contributed by atoms with Crippen molar-refractivity contribution in [2.75, 3.05) is 6.54 Å². The molecule has 0 saturated heterocycles. The van der Waals surface area contributed by atoms with Gasteiger partial charge in [-0.05, 0) is 25.0 Å². The van der Waals surface area contributed by atoms with Crippen molar-refractivity contribution in [1.82, 2.24) is 19.4 Å². The van der Waals surface area contributed by atoms with Gasteiger partial charge in [-0.15, -0.1) is 0 Å². The van der Waals surface area contributed by atoms with Crippen LogP contribution < -0.4 is 0 Å². The van der Waals surface area contributed by atoms with Crippen molar-refractivity contribution in [3.63, 3.8) is 0 Å². The summed E-state index contributed by atoms with van der Waals surface area (Å²) in [6, 6.07) is 3.90. The van der Waals surface area contributed by atoms with Crippen molar-refractivity contribution in [3.8, 4) is 0 Å². The largest absolute Gasteiger partial charge is 0.337 e. The number of unbranched alkanes of at least 4 members (excludes halogenated alkanes) is 1. The Bertz CT molecular complexity index is 565. The molecule has 0 saturated carbocycles. The van der Waals surface area contributed by atoms with E-state index in [9.17, 15) is 4.79 Å². The van der Waals surface area contributed by atoms with E-state index in [1.807, 2.05) is 40.9 Å². The lowest BCUT2D eigenvalue weighted by atomic mass is 10.2. The highest BCUT2D eigenvalue weighted by Gasteiger charge is 2.15. The molecular weight excluding hydrogens is 264 g/mol. The molecule has 0 atom stereocenters. The van der Waals surface area contributed by atoms with E-state index < -0.39 is 0 Å². The third-order valence-corrected chi connectivity index (χ3v) is 3.46. The lowest BCUT2D eigenvalue weighted by Gasteiger charge is -2.23. The van der Waals surface area contributed by atoms with Crippen LogP contribution in [0.3, 0.4) is 0 Å². The molecule has 0 aliphatic carbocycles. The van der Waals surface area contributed by atoms with Crippen LogP contribution in [-0.2, 0) is 17.9 Å². The highest BCUT2D eigenvalue weighted by molar-refractivity contribution is 5.76. The van der Waals surface area contributed by atoms with Crippen molar-refractivity contribution in [3.05, 3.63) is 48.3 Å². The predicted octanol–water partition coefficient (Wildman–Crippen LogP) is 2.42. The molecule has 21 heavy (non-hydrogen) atoms. The lowest BCUT2D eigenvalue weighted by Crippen LogP contribution is -2.34. The second-order valence-electron chi connectivity index (χ2n) is 5.13. The third-order valence-electron chi connectivity index (χ3n) is 3.46. The van der Waals surface area contributed by atoms with Gasteiger partial charge in [0, 0.05) is 37.9 Å². The number of nitrogens with zero attached hydrogens (tertiary/aromatic N) is 4.